The van der Waals surface area contributed by atoms with Gasteiger partial charge in [-0.3, -0.25) is 0 Å². The van der Waals surface area contributed by atoms with Gasteiger partial charge in [-0.05, 0) is 64.4 Å². The molecule has 4 rings (SSSR count). The maximum absolute atomic E-state index is 13.4. The van der Waals surface area contributed by atoms with Gasteiger partial charge >= 0.3 is 5.97 Å². The Morgan fingerprint density at radius 1 is 1.17 bits per heavy atom. The van der Waals surface area contributed by atoms with Gasteiger partial charge in [0.15, 0.2) is 15.0 Å². The van der Waals surface area contributed by atoms with Crippen molar-refractivity contribution in [2.75, 3.05) is 18.1 Å². The summed E-state index contributed by atoms with van der Waals surface area (Å²) in [6.07, 6.45) is -0.0136. The maximum atomic E-state index is 13.4. The topological polar surface area (TPSA) is 85.3 Å². The molecular weight excluding hydrogens is 496 g/mol. The largest absolute Gasteiger partial charge is 0.491 e. The van der Waals surface area contributed by atoms with Gasteiger partial charge in [0.05, 0.1) is 46.7 Å². The van der Waals surface area contributed by atoms with E-state index in [0.29, 0.717) is 32.8 Å². The minimum Gasteiger partial charge on any atom is -0.491 e. The number of hydrogen-bond acceptors (Lipinski definition) is 8. The number of aryl methyl sites for hydroxylation is 1. The zero-order valence-electron chi connectivity index (χ0n) is 21.2. The number of esters is 1. The van der Waals surface area contributed by atoms with Crippen molar-refractivity contribution in [3.8, 4) is 5.75 Å². The minimum atomic E-state index is -3.57. The quantitative estimate of drug-likeness (QED) is 0.450. The lowest BCUT2D eigenvalue weighted by Gasteiger charge is -2.38. The average Bonchev–Trinajstić information content (AvgIpc) is 3.19. The van der Waals surface area contributed by atoms with Crippen LogP contribution in [0.1, 0.15) is 44.9 Å². The van der Waals surface area contributed by atoms with Crippen LogP contribution in [-0.4, -0.2) is 54.7 Å². The molecule has 2 aromatic carbocycles. The van der Waals surface area contributed by atoms with Crippen LogP contribution in [0.5, 0.6) is 5.75 Å². The van der Waals surface area contributed by atoms with Gasteiger partial charge in [0.1, 0.15) is 5.75 Å². The second kappa shape index (κ2) is 10.7. The molecule has 0 aromatic heterocycles. The Morgan fingerprint density at radius 2 is 1.89 bits per heavy atom. The molecule has 9 heteroatoms. The smallest absolute Gasteiger partial charge is 0.338 e. The van der Waals surface area contributed by atoms with Gasteiger partial charge in [-0.15, -0.1) is 0 Å². The monoisotopic (exact) mass is 528 g/mol. The summed E-state index contributed by atoms with van der Waals surface area (Å²) < 4.78 is 38.1. The molecule has 1 fully saturated rings. The van der Waals surface area contributed by atoms with E-state index >= 15 is 0 Å². The first-order chi connectivity index (χ1) is 17.1. The Balaban J connectivity index is 1.76. The van der Waals surface area contributed by atoms with Gasteiger partial charge in [0.2, 0.25) is 0 Å². The molecule has 0 bridgehead atoms. The number of amidine groups is 1. The van der Waals surface area contributed by atoms with Crippen LogP contribution >= 0.6 is 11.8 Å². The van der Waals surface area contributed by atoms with E-state index in [0.717, 1.165) is 11.1 Å². The molecule has 2 atom stereocenters. The van der Waals surface area contributed by atoms with Crippen LogP contribution in [0.4, 0.5) is 0 Å². The number of hydrogen-bond donors (Lipinski definition) is 0. The van der Waals surface area contributed by atoms with Crippen LogP contribution in [0.25, 0.3) is 0 Å². The maximum Gasteiger partial charge on any atom is 0.338 e. The number of carbonyl (C=O) groups excluding carboxylic acids is 1. The molecule has 0 saturated carbocycles. The molecule has 2 aliphatic heterocycles. The summed E-state index contributed by atoms with van der Waals surface area (Å²) in [4.78, 5) is 20.1. The molecule has 1 saturated heterocycles. The molecule has 0 N–H and O–H groups in total. The Bertz CT molecular complexity index is 1300. The number of fused-ring (bicyclic) bond motifs is 1. The highest BCUT2D eigenvalue weighted by molar-refractivity contribution is 8.14. The summed E-state index contributed by atoms with van der Waals surface area (Å²) in [5.74, 6) is 0.695. The molecule has 36 heavy (non-hydrogen) atoms. The highest BCUT2D eigenvalue weighted by Crippen LogP contribution is 2.44. The van der Waals surface area contributed by atoms with E-state index in [4.69, 9.17) is 14.5 Å². The summed E-state index contributed by atoms with van der Waals surface area (Å²) in [7, 11) is -3.57. The van der Waals surface area contributed by atoms with Gasteiger partial charge in [0, 0.05) is 5.75 Å². The average molecular weight is 529 g/mol. The molecule has 0 aliphatic carbocycles. The lowest BCUT2D eigenvalue weighted by Crippen LogP contribution is -2.45. The van der Waals surface area contributed by atoms with Crippen LogP contribution in [0.2, 0.25) is 0 Å². The first-order valence-electron chi connectivity index (χ1n) is 12.0. The molecule has 192 valence electrons. The van der Waals surface area contributed by atoms with Crippen LogP contribution in [0.3, 0.4) is 0 Å². The second-order valence-corrected chi connectivity index (χ2v) is 12.2. The van der Waals surface area contributed by atoms with Crippen LogP contribution < -0.4 is 4.74 Å². The van der Waals surface area contributed by atoms with Gasteiger partial charge in [-0.2, -0.15) is 0 Å². The number of sulfone groups is 1. The Kier molecular flexibility index (Phi) is 7.80. The number of rotatable bonds is 8. The zero-order valence-corrected chi connectivity index (χ0v) is 22.9. The predicted octanol–water partition coefficient (Wildman–Crippen LogP) is 4.92. The van der Waals surface area contributed by atoms with Gasteiger partial charge < -0.3 is 14.4 Å². The van der Waals surface area contributed by atoms with Crippen LogP contribution in [0.15, 0.2) is 69.7 Å². The summed E-state index contributed by atoms with van der Waals surface area (Å²) in [5, 5.41) is 0.713. The summed E-state index contributed by atoms with van der Waals surface area (Å²) in [5.41, 5.74) is 2.82. The molecule has 0 spiro atoms. The lowest BCUT2D eigenvalue weighted by molar-refractivity contribution is -0.139. The first-order valence-corrected chi connectivity index (χ1v) is 14.7. The number of thioether (sulfide) groups is 1. The summed E-state index contributed by atoms with van der Waals surface area (Å²) in [6, 6.07) is 13.6. The van der Waals surface area contributed by atoms with Gasteiger partial charge in [-0.25, -0.2) is 18.2 Å². The van der Waals surface area contributed by atoms with E-state index in [1.165, 1.54) is 11.8 Å². The number of aliphatic imine (C=N–C) groups is 1. The zero-order chi connectivity index (χ0) is 26.0. The fraction of sp³-hybridized carbons (Fsp3) is 0.407. The highest BCUT2D eigenvalue weighted by atomic mass is 32.2. The Labute approximate surface area is 217 Å². The van der Waals surface area contributed by atoms with E-state index in [1.54, 1.807) is 38.1 Å². The molecule has 2 heterocycles. The normalized spacial score (nSPS) is 19.8. The van der Waals surface area contributed by atoms with Crippen molar-refractivity contribution in [3.05, 3.63) is 70.9 Å². The van der Waals surface area contributed by atoms with Crippen molar-refractivity contribution < 1.29 is 22.7 Å². The van der Waals surface area contributed by atoms with E-state index in [-0.39, 0.29) is 24.5 Å². The number of allylic oxidation sites excluding steroid dienone is 1. The van der Waals surface area contributed by atoms with Crippen molar-refractivity contribution in [1.29, 1.82) is 0 Å². The fourth-order valence-corrected chi connectivity index (χ4v) is 7.39. The summed E-state index contributed by atoms with van der Waals surface area (Å²) >= 11 is 1.51. The van der Waals surface area contributed by atoms with Crippen molar-refractivity contribution in [2.24, 2.45) is 4.99 Å². The predicted molar refractivity (Wildman–Crippen MR) is 143 cm³/mol. The third-order valence-electron chi connectivity index (χ3n) is 6.06. The van der Waals surface area contributed by atoms with Crippen molar-refractivity contribution >= 4 is 32.7 Å². The Morgan fingerprint density at radius 3 is 2.56 bits per heavy atom. The van der Waals surface area contributed by atoms with Gasteiger partial charge in [-0.1, -0.05) is 41.6 Å². The number of nitrogens with zero attached hydrogens (tertiary/aromatic N) is 2. The first kappa shape index (κ1) is 26.3. The molecule has 0 amide bonds. The fourth-order valence-electron chi connectivity index (χ4n) is 4.48. The standard InChI is InChI=1S/C27H32N2O5S2/c1-6-33-26(30)24-19(5)28-27-29(25(24)20-8-7-9-22(14-20)34-17(2)3)21(15-35-27)16-36(31,32)23-12-10-18(4)11-13-23/h7-14,17,21,25H,6,15-16H2,1-5H3. The second-order valence-electron chi connectivity index (χ2n) is 9.22. The summed E-state index contributed by atoms with van der Waals surface area (Å²) in [6.45, 7) is 9.63. The Hall–Kier alpha value is -2.78. The van der Waals surface area contributed by atoms with Crippen molar-refractivity contribution in [1.82, 2.24) is 4.90 Å². The molecule has 0 radical (unpaired) electrons. The highest BCUT2D eigenvalue weighted by Gasteiger charge is 2.45. The van der Waals surface area contributed by atoms with E-state index in [2.05, 4.69) is 0 Å². The van der Waals surface area contributed by atoms with Crippen LogP contribution in [0, 0.1) is 6.92 Å². The van der Waals surface area contributed by atoms with Crippen LogP contribution in [-0.2, 0) is 19.4 Å². The van der Waals surface area contributed by atoms with Crippen molar-refractivity contribution in [3.63, 3.8) is 0 Å². The third-order valence-corrected chi connectivity index (χ3v) is 8.98. The molecule has 2 aliphatic rings. The number of benzene rings is 2. The lowest BCUT2D eigenvalue weighted by atomic mass is 9.93. The molecule has 7 nitrogen and oxygen atoms in total. The van der Waals surface area contributed by atoms with Gasteiger partial charge in [0.25, 0.3) is 0 Å². The SMILES string of the molecule is CCOC(=O)C1=C(C)N=C2SCC(CS(=O)(=O)c3ccc(C)cc3)N2C1c1cccc(OC(C)C)c1. The number of carbonyl (C=O) groups is 1. The number of ether oxygens (including phenoxy) is 2. The molecule has 2 unspecified atom stereocenters. The molecule has 2 aromatic rings. The van der Waals surface area contributed by atoms with E-state index in [1.807, 2.05) is 49.9 Å². The van der Waals surface area contributed by atoms with E-state index in [9.17, 15) is 13.2 Å². The third kappa shape index (κ3) is 5.47. The molecular formula is C27H32N2O5S2. The minimum absolute atomic E-state index is 0.0136. The van der Waals surface area contributed by atoms with Crippen molar-refractivity contribution in [2.45, 2.75) is 57.7 Å². The van der Waals surface area contributed by atoms with E-state index < -0.39 is 21.8 Å².